The molecule has 1 fully saturated rings. The number of benzene rings is 1. The van der Waals surface area contributed by atoms with Gasteiger partial charge >= 0.3 is 0 Å². The summed E-state index contributed by atoms with van der Waals surface area (Å²) in [6.45, 7) is 1.49. The number of nitrogens with two attached hydrogens (primary N) is 1. The number of hydrogen-bond donors (Lipinski definition) is 2. The Kier molecular flexibility index (Phi) is 3.07. The van der Waals surface area contributed by atoms with Crippen molar-refractivity contribution in [3.8, 4) is 5.75 Å². The Morgan fingerprint density at radius 1 is 1.53 bits per heavy atom. The summed E-state index contributed by atoms with van der Waals surface area (Å²) in [6, 6.07) is 5.75. The number of rotatable bonds is 4. The van der Waals surface area contributed by atoms with Gasteiger partial charge in [-0.15, -0.1) is 0 Å². The highest BCUT2D eigenvalue weighted by Gasteiger charge is 2.38. The molecule has 3 N–H and O–H groups in total. The molecule has 4 nitrogen and oxygen atoms in total. The SMILES string of the molecule is COc1cccc(CC2(N)CC2)c1NC(C)=O. The molecule has 0 saturated heterocycles. The van der Waals surface area contributed by atoms with Gasteiger partial charge in [0, 0.05) is 12.5 Å². The third-order valence-corrected chi connectivity index (χ3v) is 3.07. The fraction of sp³-hybridized carbons (Fsp3) is 0.462. The molecule has 1 saturated carbocycles. The number of nitrogens with one attached hydrogen (secondary N) is 1. The molecule has 0 radical (unpaired) electrons. The number of anilines is 1. The summed E-state index contributed by atoms with van der Waals surface area (Å²) >= 11 is 0. The summed E-state index contributed by atoms with van der Waals surface area (Å²) in [6.07, 6.45) is 2.87. The van der Waals surface area contributed by atoms with Crippen molar-refractivity contribution in [3.63, 3.8) is 0 Å². The van der Waals surface area contributed by atoms with Crippen molar-refractivity contribution < 1.29 is 9.53 Å². The molecule has 0 aromatic heterocycles. The van der Waals surface area contributed by atoms with Crippen molar-refractivity contribution in [1.82, 2.24) is 0 Å². The van der Waals surface area contributed by atoms with Crippen LogP contribution < -0.4 is 15.8 Å². The average molecular weight is 234 g/mol. The molecule has 1 aromatic rings. The smallest absolute Gasteiger partial charge is 0.221 e. The first-order valence-corrected chi connectivity index (χ1v) is 5.76. The van der Waals surface area contributed by atoms with Crippen molar-refractivity contribution in [2.24, 2.45) is 5.73 Å². The molecule has 0 bridgehead atoms. The number of methoxy groups -OCH3 is 1. The summed E-state index contributed by atoms with van der Waals surface area (Å²) in [5.41, 5.74) is 7.82. The Labute approximate surface area is 101 Å². The maximum Gasteiger partial charge on any atom is 0.221 e. The van der Waals surface area contributed by atoms with E-state index in [0.29, 0.717) is 5.75 Å². The van der Waals surface area contributed by atoms with E-state index in [4.69, 9.17) is 10.5 Å². The molecule has 1 aliphatic carbocycles. The molecule has 0 aliphatic heterocycles. The van der Waals surface area contributed by atoms with Crippen LogP contribution >= 0.6 is 0 Å². The average Bonchev–Trinajstić information content (AvgIpc) is 2.98. The third kappa shape index (κ3) is 2.77. The van der Waals surface area contributed by atoms with Crippen LogP contribution in [-0.4, -0.2) is 18.6 Å². The number of ether oxygens (including phenoxy) is 1. The number of carbonyl (C=O) groups is 1. The van der Waals surface area contributed by atoms with Crippen LogP contribution in [0.3, 0.4) is 0 Å². The normalized spacial score (nSPS) is 16.4. The second-order valence-corrected chi connectivity index (χ2v) is 4.71. The summed E-state index contributed by atoms with van der Waals surface area (Å²) in [4.78, 5) is 11.2. The van der Waals surface area contributed by atoms with Gasteiger partial charge in [-0.05, 0) is 30.9 Å². The molecule has 0 atom stereocenters. The Bertz CT molecular complexity index is 439. The molecule has 1 aromatic carbocycles. The van der Waals surface area contributed by atoms with Crippen molar-refractivity contribution in [2.75, 3.05) is 12.4 Å². The molecule has 0 heterocycles. The topological polar surface area (TPSA) is 64.3 Å². The maximum atomic E-state index is 11.2. The highest BCUT2D eigenvalue weighted by Crippen LogP contribution is 2.39. The monoisotopic (exact) mass is 234 g/mol. The Morgan fingerprint density at radius 2 is 2.24 bits per heavy atom. The van der Waals surface area contributed by atoms with Crippen molar-refractivity contribution >= 4 is 11.6 Å². The lowest BCUT2D eigenvalue weighted by molar-refractivity contribution is -0.114. The second kappa shape index (κ2) is 4.37. The molecule has 2 rings (SSSR count). The van der Waals surface area contributed by atoms with E-state index in [9.17, 15) is 4.79 Å². The largest absolute Gasteiger partial charge is 0.495 e. The Balaban J connectivity index is 2.31. The van der Waals surface area contributed by atoms with Crippen LogP contribution in [0, 0.1) is 0 Å². The van der Waals surface area contributed by atoms with E-state index in [1.165, 1.54) is 6.92 Å². The lowest BCUT2D eigenvalue weighted by Gasteiger charge is -2.16. The lowest BCUT2D eigenvalue weighted by atomic mass is 10.0. The first kappa shape index (κ1) is 11.9. The van der Waals surface area contributed by atoms with Gasteiger partial charge in [0.1, 0.15) is 5.75 Å². The Morgan fingerprint density at radius 3 is 2.76 bits per heavy atom. The first-order valence-electron chi connectivity index (χ1n) is 5.76. The van der Waals surface area contributed by atoms with Gasteiger partial charge in [0.2, 0.25) is 5.91 Å². The minimum Gasteiger partial charge on any atom is -0.495 e. The fourth-order valence-electron chi connectivity index (χ4n) is 1.93. The van der Waals surface area contributed by atoms with Crippen LogP contribution in [0.1, 0.15) is 25.3 Å². The molecule has 0 unspecified atom stereocenters. The van der Waals surface area contributed by atoms with E-state index in [1.54, 1.807) is 7.11 Å². The third-order valence-electron chi connectivity index (χ3n) is 3.07. The predicted molar refractivity (Wildman–Crippen MR) is 67.2 cm³/mol. The van der Waals surface area contributed by atoms with Crippen LogP contribution in [0.25, 0.3) is 0 Å². The molecule has 4 heteroatoms. The van der Waals surface area contributed by atoms with E-state index >= 15 is 0 Å². The minimum atomic E-state index is -0.0994. The highest BCUT2D eigenvalue weighted by atomic mass is 16.5. The molecular formula is C13H18N2O2. The number of hydrogen-bond acceptors (Lipinski definition) is 3. The van der Waals surface area contributed by atoms with E-state index in [-0.39, 0.29) is 11.4 Å². The van der Waals surface area contributed by atoms with Gasteiger partial charge in [-0.25, -0.2) is 0 Å². The van der Waals surface area contributed by atoms with E-state index in [0.717, 1.165) is 30.5 Å². The zero-order chi connectivity index (χ0) is 12.5. The minimum absolute atomic E-state index is 0.0837. The predicted octanol–water partition coefficient (Wildman–Crippen LogP) is 1.69. The van der Waals surface area contributed by atoms with Crippen molar-refractivity contribution in [2.45, 2.75) is 31.7 Å². The van der Waals surface area contributed by atoms with Crippen LogP contribution in [0.4, 0.5) is 5.69 Å². The number of amides is 1. The van der Waals surface area contributed by atoms with Gasteiger partial charge in [-0.2, -0.15) is 0 Å². The summed E-state index contributed by atoms with van der Waals surface area (Å²) in [5, 5.41) is 2.82. The first-order chi connectivity index (χ1) is 8.04. The molecule has 1 amide bonds. The molecule has 0 spiro atoms. The fourth-order valence-corrected chi connectivity index (χ4v) is 1.93. The zero-order valence-electron chi connectivity index (χ0n) is 10.2. The maximum absolute atomic E-state index is 11.2. The van der Waals surface area contributed by atoms with E-state index < -0.39 is 0 Å². The molecule has 1 aliphatic rings. The summed E-state index contributed by atoms with van der Waals surface area (Å²) < 4.78 is 5.27. The van der Waals surface area contributed by atoms with Gasteiger partial charge in [0.15, 0.2) is 0 Å². The van der Waals surface area contributed by atoms with Gasteiger partial charge in [0.25, 0.3) is 0 Å². The van der Waals surface area contributed by atoms with Crippen LogP contribution in [0.2, 0.25) is 0 Å². The Hall–Kier alpha value is -1.55. The van der Waals surface area contributed by atoms with E-state index in [2.05, 4.69) is 5.32 Å². The van der Waals surface area contributed by atoms with Crippen molar-refractivity contribution in [1.29, 1.82) is 0 Å². The molecule has 92 valence electrons. The lowest BCUT2D eigenvalue weighted by Crippen LogP contribution is -2.25. The van der Waals surface area contributed by atoms with Crippen LogP contribution in [0.15, 0.2) is 18.2 Å². The highest BCUT2D eigenvalue weighted by molar-refractivity contribution is 5.91. The molecule has 17 heavy (non-hydrogen) atoms. The number of carbonyl (C=O) groups excluding carboxylic acids is 1. The van der Waals surface area contributed by atoms with E-state index in [1.807, 2.05) is 18.2 Å². The van der Waals surface area contributed by atoms with Crippen molar-refractivity contribution in [3.05, 3.63) is 23.8 Å². The number of para-hydroxylation sites is 1. The summed E-state index contributed by atoms with van der Waals surface area (Å²) in [5.74, 6) is 0.583. The molecular weight excluding hydrogens is 216 g/mol. The second-order valence-electron chi connectivity index (χ2n) is 4.71. The van der Waals surface area contributed by atoms with Gasteiger partial charge < -0.3 is 15.8 Å². The summed E-state index contributed by atoms with van der Waals surface area (Å²) in [7, 11) is 1.60. The zero-order valence-corrected chi connectivity index (χ0v) is 10.2. The quantitative estimate of drug-likeness (QED) is 0.833. The van der Waals surface area contributed by atoms with Crippen LogP contribution in [0.5, 0.6) is 5.75 Å². The van der Waals surface area contributed by atoms with Crippen LogP contribution in [-0.2, 0) is 11.2 Å². The van der Waals surface area contributed by atoms with Gasteiger partial charge in [0.05, 0.1) is 12.8 Å². The standard InChI is InChI=1S/C13H18N2O2/c1-9(16)15-12-10(8-13(14)6-7-13)4-3-5-11(12)17-2/h3-5H,6-8,14H2,1-2H3,(H,15,16). The van der Waals surface area contributed by atoms with Gasteiger partial charge in [-0.3, -0.25) is 4.79 Å². The van der Waals surface area contributed by atoms with Gasteiger partial charge in [-0.1, -0.05) is 12.1 Å².